The van der Waals surface area contributed by atoms with Gasteiger partial charge in [-0.3, -0.25) is 9.48 Å². The molecule has 0 unspecified atom stereocenters. The number of aryl methyl sites for hydroxylation is 2. The van der Waals surface area contributed by atoms with Crippen LogP contribution in [0, 0.1) is 6.92 Å². The van der Waals surface area contributed by atoms with Crippen molar-refractivity contribution < 1.29 is 24.6 Å². The van der Waals surface area contributed by atoms with Crippen molar-refractivity contribution in [1.82, 2.24) is 9.78 Å². The van der Waals surface area contributed by atoms with Gasteiger partial charge in [-0.1, -0.05) is 46.4 Å². The Morgan fingerprint density at radius 1 is 0.917 bits per heavy atom. The van der Waals surface area contributed by atoms with Gasteiger partial charge in [0.1, 0.15) is 5.69 Å². The molecule has 1 aromatic heterocycles. The number of hydrogen-bond acceptors (Lipinski definition) is 5. The summed E-state index contributed by atoms with van der Waals surface area (Å²) in [6, 6.07) is 8.47. The average molecular weight is 576 g/mol. The van der Waals surface area contributed by atoms with E-state index in [1.165, 1.54) is 4.68 Å². The van der Waals surface area contributed by atoms with Gasteiger partial charge in [0.2, 0.25) is 0 Å². The topological polar surface area (TPSA) is 125 Å². The molecule has 9 nitrogen and oxygen atoms in total. The fraction of sp³-hybridized carbons (Fsp3) is 0.217. The van der Waals surface area contributed by atoms with Crippen molar-refractivity contribution >= 4 is 75.6 Å². The highest BCUT2D eigenvalue weighted by molar-refractivity contribution is 6.54. The van der Waals surface area contributed by atoms with Gasteiger partial charge in [-0.2, -0.15) is 5.10 Å². The minimum absolute atomic E-state index is 0.188. The minimum Gasteiger partial charge on any atom is -0.478 e. The summed E-state index contributed by atoms with van der Waals surface area (Å²) < 4.78 is 1.47. The van der Waals surface area contributed by atoms with Crippen LogP contribution in [0.15, 0.2) is 30.3 Å². The number of halogens is 4. The van der Waals surface area contributed by atoms with E-state index in [1.807, 2.05) is 25.9 Å². The van der Waals surface area contributed by atoms with E-state index >= 15 is 0 Å². The molecule has 0 spiro atoms. The highest BCUT2D eigenvalue weighted by Gasteiger charge is 2.28. The molecule has 0 atom stereocenters. The number of anilines is 2. The molecular formula is C23H22Cl4N4O5. The molecule has 0 saturated carbocycles. The Labute approximate surface area is 227 Å². The van der Waals surface area contributed by atoms with Crippen molar-refractivity contribution in [3.63, 3.8) is 0 Å². The van der Waals surface area contributed by atoms with Crippen LogP contribution in [-0.4, -0.2) is 51.9 Å². The molecule has 0 aliphatic carbocycles. The number of aromatic nitrogens is 2. The molecule has 0 radical (unpaired) electrons. The van der Waals surface area contributed by atoms with Crippen LogP contribution in [0.2, 0.25) is 20.1 Å². The van der Waals surface area contributed by atoms with E-state index in [4.69, 9.17) is 51.5 Å². The van der Waals surface area contributed by atoms with Gasteiger partial charge < -0.3 is 20.4 Å². The molecule has 192 valence electrons. The van der Waals surface area contributed by atoms with Crippen LogP contribution < -0.4 is 10.2 Å². The van der Waals surface area contributed by atoms with Gasteiger partial charge in [-0.05, 0) is 44.2 Å². The fourth-order valence-electron chi connectivity index (χ4n) is 3.04. The third-order valence-electron chi connectivity index (χ3n) is 4.77. The number of benzene rings is 2. The van der Waals surface area contributed by atoms with E-state index in [0.29, 0.717) is 12.2 Å². The van der Waals surface area contributed by atoms with E-state index < -0.39 is 23.4 Å². The van der Waals surface area contributed by atoms with Gasteiger partial charge in [0.15, 0.2) is 0 Å². The van der Waals surface area contributed by atoms with Gasteiger partial charge in [-0.15, -0.1) is 0 Å². The van der Waals surface area contributed by atoms with Gasteiger partial charge in [-0.25, -0.2) is 9.59 Å². The van der Waals surface area contributed by atoms with Gasteiger partial charge in [0, 0.05) is 32.0 Å². The zero-order valence-corrected chi connectivity index (χ0v) is 22.6. The lowest BCUT2D eigenvalue weighted by molar-refractivity contribution is 0.0677. The second kappa shape index (κ2) is 12.3. The van der Waals surface area contributed by atoms with Gasteiger partial charge in [0.25, 0.3) is 5.91 Å². The van der Waals surface area contributed by atoms with Gasteiger partial charge in [0.05, 0.1) is 36.9 Å². The van der Waals surface area contributed by atoms with Gasteiger partial charge >= 0.3 is 11.9 Å². The molecule has 3 aromatic rings. The molecular weight excluding hydrogens is 554 g/mol. The summed E-state index contributed by atoms with van der Waals surface area (Å²) in [5.41, 5.74) is 1.51. The lowest BCUT2D eigenvalue weighted by Gasteiger charge is -2.15. The number of rotatable bonds is 6. The maximum Gasteiger partial charge on any atom is 0.354 e. The van der Waals surface area contributed by atoms with Crippen LogP contribution in [0.5, 0.6) is 0 Å². The summed E-state index contributed by atoms with van der Waals surface area (Å²) in [6.07, 6.45) is 0. The van der Waals surface area contributed by atoms with Crippen LogP contribution in [0.3, 0.4) is 0 Å². The Morgan fingerprint density at radius 2 is 1.44 bits per heavy atom. The molecule has 0 saturated heterocycles. The van der Waals surface area contributed by atoms with E-state index in [0.717, 1.165) is 11.4 Å². The number of carbonyl (C=O) groups excluding carboxylic acids is 1. The third kappa shape index (κ3) is 6.61. The summed E-state index contributed by atoms with van der Waals surface area (Å²) in [4.78, 5) is 36.5. The molecule has 3 rings (SSSR count). The average Bonchev–Trinajstić information content (AvgIpc) is 3.21. The first-order valence-corrected chi connectivity index (χ1v) is 11.8. The number of carboxylic acids is 2. The molecule has 1 heterocycles. The molecule has 0 aliphatic heterocycles. The smallest absolute Gasteiger partial charge is 0.354 e. The number of nitrogens with zero attached hydrogens (tertiary/aromatic N) is 3. The molecule has 0 aliphatic rings. The standard InChI is InChI=1S/C16H12Cl4N2O3.C7H10N2O2/c1-22(2)8-5-3-7(4-6-8)21-15(23)9-10(16(24)25)12(18)14(20)13(19)11(9)17;1-3-9-6(7(10)11)4-5(2)8-9/h3-6H,1-2H3,(H,21,23)(H,24,25);4H,3H2,1-2H3,(H,10,11). The predicted octanol–water partition coefficient (Wildman–Crippen LogP) is 6.23. The molecule has 13 heteroatoms. The monoisotopic (exact) mass is 574 g/mol. The van der Waals surface area contributed by atoms with Crippen LogP contribution >= 0.6 is 46.4 Å². The van der Waals surface area contributed by atoms with Crippen LogP contribution in [0.1, 0.15) is 43.8 Å². The Kier molecular flexibility index (Phi) is 10.0. The Morgan fingerprint density at radius 3 is 1.86 bits per heavy atom. The van der Waals surface area contributed by atoms with E-state index in [1.54, 1.807) is 37.3 Å². The van der Waals surface area contributed by atoms with Crippen molar-refractivity contribution in [2.24, 2.45) is 0 Å². The summed E-state index contributed by atoms with van der Waals surface area (Å²) in [7, 11) is 3.76. The zero-order chi connectivity index (χ0) is 27.3. The second-order valence-electron chi connectivity index (χ2n) is 7.50. The quantitative estimate of drug-likeness (QED) is 0.235. The van der Waals surface area contributed by atoms with Crippen LogP contribution in [0.25, 0.3) is 0 Å². The molecule has 2 aromatic carbocycles. The highest BCUT2D eigenvalue weighted by Crippen LogP contribution is 2.41. The highest BCUT2D eigenvalue weighted by atomic mass is 35.5. The largest absolute Gasteiger partial charge is 0.478 e. The van der Waals surface area contributed by atoms with E-state index in [-0.39, 0.29) is 31.3 Å². The lowest BCUT2D eigenvalue weighted by atomic mass is 10.1. The van der Waals surface area contributed by atoms with Crippen molar-refractivity contribution in [2.75, 3.05) is 24.3 Å². The van der Waals surface area contributed by atoms with Crippen molar-refractivity contribution in [1.29, 1.82) is 0 Å². The molecule has 0 bridgehead atoms. The molecule has 3 N–H and O–H groups in total. The summed E-state index contributed by atoms with van der Waals surface area (Å²) in [6.45, 7) is 4.23. The lowest BCUT2D eigenvalue weighted by Crippen LogP contribution is -2.18. The Bertz CT molecular complexity index is 1310. The molecule has 0 fully saturated rings. The zero-order valence-electron chi connectivity index (χ0n) is 19.6. The van der Waals surface area contributed by atoms with E-state index in [9.17, 15) is 19.5 Å². The Balaban J connectivity index is 0.000000346. The third-order valence-corrected chi connectivity index (χ3v) is 6.57. The number of amides is 1. The first kappa shape index (κ1) is 29.3. The summed E-state index contributed by atoms with van der Waals surface area (Å²) in [5, 5.41) is 23.5. The first-order valence-electron chi connectivity index (χ1n) is 10.3. The van der Waals surface area contributed by atoms with Crippen molar-refractivity contribution in [3.8, 4) is 0 Å². The summed E-state index contributed by atoms with van der Waals surface area (Å²) in [5.74, 6) is -3.13. The first-order chi connectivity index (χ1) is 16.8. The predicted molar refractivity (Wildman–Crippen MR) is 142 cm³/mol. The number of aromatic carboxylic acids is 2. The Hall–Kier alpha value is -2.98. The normalized spacial score (nSPS) is 10.3. The van der Waals surface area contributed by atoms with Crippen LogP contribution in [-0.2, 0) is 6.54 Å². The number of carbonyl (C=O) groups is 3. The second-order valence-corrected chi connectivity index (χ2v) is 9.01. The molecule has 36 heavy (non-hydrogen) atoms. The van der Waals surface area contributed by atoms with Crippen molar-refractivity contribution in [2.45, 2.75) is 20.4 Å². The molecule has 1 amide bonds. The maximum atomic E-state index is 12.6. The minimum atomic E-state index is -1.45. The number of nitrogens with one attached hydrogen (secondary N) is 1. The van der Waals surface area contributed by atoms with Crippen LogP contribution in [0.4, 0.5) is 11.4 Å². The summed E-state index contributed by atoms with van der Waals surface area (Å²) >= 11 is 23.8. The fourth-order valence-corrected chi connectivity index (χ4v) is 4.06. The SMILES string of the molecule is CCn1nc(C)cc1C(=O)O.CN(C)c1ccc(NC(=O)c2c(Cl)c(Cl)c(Cl)c(Cl)c2C(=O)O)cc1. The number of hydrogen-bond donors (Lipinski definition) is 3. The number of carboxylic acid groups (broad SMARTS) is 2. The maximum absolute atomic E-state index is 12.6. The van der Waals surface area contributed by atoms with E-state index in [2.05, 4.69) is 10.4 Å². The van der Waals surface area contributed by atoms with Crippen molar-refractivity contribution in [3.05, 3.63) is 72.9 Å².